The highest BCUT2D eigenvalue weighted by atomic mass is 32.2. The molecule has 0 spiro atoms. The van der Waals surface area contributed by atoms with Crippen molar-refractivity contribution in [2.45, 2.75) is 11.8 Å². The van der Waals surface area contributed by atoms with Crippen LogP contribution in [0.15, 0.2) is 65.6 Å². The molecule has 3 aromatic rings. The van der Waals surface area contributed by atoms with Crippen LogP contribution in [0.3, 0.4) is 0 Å². The Bertz CT molecular complexity index is 951. The van der Waals surface area contributed by atoms with Crippen LogP contribution in [0.5, 0.6) is 0 Å². The van der Waals surface area contributed by atoms with E-state index in [1.54, 1.807) is 13.0 Å². The van der Waals surface area contributed by atoms with Crippen LogP contribution in [0.1, 0.15) is 5.56 Å². The second-order valence-corrected chi connectivity index (χ2v) is 6.59. The Morgan fingerprint density at radius 3 is 2.68 bits per heavy atom. The molecule has 1 N–H and O–H groups in total. The molecule has 0 saturated carbocycles. The van der Waals surface area contributed by atoms with Gasteiger partial charge >= 0.3 is 0 Å². The number of carbonyl (C=O) groups is 1. The Morgan fingerprint density at radius 1 is 1.12 bits per heavy atom. The van der Waals surface area contributed by atoms with Crippen molar-refractivity contribution in [3.63, 3.8) is 0 Å². The average molecular weight is 352 g/mol. The number of aryl methyl sites for hydroxylation is 1. The summed E-state index contributed by atoms with van der Waals surface area (Å²) in [6.07, 6.45) is 0. The fourth-order valence-corrected chi connectivity index (χ4v) is 3.38. The summed E-state index contributed by atoms with van der Waals surface area (Å²) in [5.41, 5.74) is 1.22. The lowest BCUT2D eigenvalue weighted by Crippen LogP contribution is -2.15. The number of nitrogens with one attached hydrogen (secondary N) is 1. The number of hydrogen-bond donors (Lipinski definition) is 1. The third kappa shape index (κ3) is 3.97. The molecule has 0 fully saturated rings. The standard InChI is InChI=1S/C19H16N2O3S/c1-13-9-10-15(21(23)24)11-17(13)20-19(22)12-25-18-8-4-6-14-5-2-3-7-16(14)18/h2-11H,12H2,1H3,(H,20,22). The molecule has 0 atom stereocenters. The molecule has 0 bridgehead atoms. The Morgan fingerprint density at radius 2 is 1.88 bits per heavy atom. The molecule has 0 radical (unpaired) electrons. The first-order valence-corrected chi connectivity index (χ1v) is 8.68. The van der Waals surface area contributed by atoms with Crippen LogP contribution in [-0.2, 0) is 4.79 Å². The molecule has 0 saturated heterocycles. The SMILES string of the molecule is Cc1ccc([N+](=O)[O-])cc1NC(=O)CSc1cccc2ccccc12. The summed E-state index contributed by atoms with van der Waals surface area (Å²) in [7, 11) is 0. The van der Waals surface area contributed by atoms with E-state index in [9.17, 15) is 14.9 Å². The van der Waals surface area contributed by atoms with E-state index in [4.69, 9.17) is 0 Å². The molecule has 3 aromatic carbocycles. The predicted molar refractivity (Wildman–Crippen MR) is 101 cm³/mol. The van der Waals surface area contributed by atoms with E-state index >= 15 is 0 Å². The molecule has 25 heavy (non-hydrogen) atoms. The molecule has 0 aliphatic heterocycles. The zero-order valence-corrected chi connectivity index (χ0v) is 14.4. The normalized spacial score (nSPS) is 10.6. The summed E-state index contributed by atoms with van der Waals surface area (Å²) < 4.78 is 0. The van der Waals surface area contributed by atoms with Crippen LogP contribution in [0.25, 0.3) is 10.8 Å². The summed E-state index contributed by atoms with van der Waals surface area (Å²) in [6.45, 7) is 1.80. The second-order valence-electron chi connectivity index (χ2n) is 5.57. The molecule has 0 aromatic heterocycles. The predicted octanol–water partition coefficient (Wildman–Crippen LogP) is 4.79. The summed E-state index contributed by atoms with van der Waals surface area (Å²) >= 11 is 1.45. The fraction of sp³-hybridized carbons (Fsp3) is 0.105. The van der Waals surface area contributed by atoms with Crippen molar-refractivity contribution in [2.75, 3.05) is 11.1 Å². The van der Waals surface area contributed by atoms with Gasteiger partial charge in [-0.1, -0.05) is 42.5 Å². The van der Waals surface area contributed by atoms with Crippen molar-refractivity contribution in [2.24, 2.45) is 0 Å². The van der Waals surface area contributed by atoms with Gasteiger partial charge in [0.1, 0.15) is 0 Å². The van der Waals surface area contributed by atoms with Crippen molar-refractivity contribution in [1.82, 2.24) is 0 Å². The molecule has 5 nitrogen and oxygen atoms in total. The van der Waals surface area contributed by atoms with E-state index in [0.717, 1.165) is 21.2 Å². The first-order valence-electron chi connectivity index (χ1n) is 7.70. The summed E-state index contributed by atoms with van der Waals surface area (Å²) in [5.74, 6) is 0.0393. The van der Waals surface area contributed by atoms with Gasteiger partial charge in [0, 0.05) is 17.0 Å². The molecular weight excluding hydrogens is 336 g/mol. The Balaban J connectivity index is 1.71. The van der Waals surface area contributed by atoms with Gasteiger partial charge in [-0.2, -0.15) is 0 Å². The average Bonchev–Trinajstić information content (AvgIpc) is 2.61. The number of anilines is 1. The Kier molecular flexibility index (Phi) is 5.00. The highest BCUT2D eigenvalue weighted by Gasteiger charge is 2.12. The van der Waals surface area contributed by atoms with Gasteiger partial charge < -0.3 is 5.32 Å². The Hall–Kier alpha value is -2.86. The summed E-state index contributed by atoms with van der Waals surface area (Å²) in [5, 5.41) is 15.9. The van der Waals surface area contributed by atoms with Gasteiger partial charge in [-0.15, -0.1) is 11.8 Å². The molecule has 126 valence electrons. The summed E-state index contributed by atoms with van der Waals surface area (Å²) in [6, 6.07) is 18.4. The highest BCUT2D eigenvalue weighted by molar-refractivity contribution is 8.00. The van der Waals surface area contributed by atoms with E-state index in [1.165, 1.54) is 23.9 Å². The maximum absolute atomic E-state index is 12.3. The lowest BCUT2D eigenvalue weighted by molar-refractivity contribution is -0.384. The Labute approximate surface area is 149 Å². The van der Waals surface area contributed by atoms with Gasteiger partial charge in [0.25, 0.3) is 5.69 Å². The van der Waals surface area contributed by atoms with Crippen LogP contribution in [0.2, 0.25) is 0 Å². The van der Waals surface area contributed by atoms with Gasteiger partial charge in [-0.3, -0.25) is 14.9 Å². The molecule has 0 aliphatic rings. The minimum absolute atomic E-state index is 0.0393. The second kappa shape index (κ2) is 7.36. The third-order valence-corrected chi connectivity index (χ3v) is 4.89. The van der Waals surface area contributed by atoms with E-state index < -0.39 is 4.92 Å². The lowest BCUT2D eigenvalue weighted by atomic mass is 10.1. The molecule has 6 heteroatoms. The van der Waals surface area contributed by atoms with E-state index in [-0.39, 0.29) is 17.3 Å². The zero-order valence-electron chi connectivity index (χ0n) is 13.6. The van der Waals surface area contributed by atoms with Crippen LogP contribution >= 0.6 is 11.8 Å². The summed E-state index contributed by atoms with van der Waals surface area (Å²) in [4.78, 5) is 23.7. The van der Waals surface area contributed by atoms with Gasteiger partial charge in [-0.25, -0.2) is 0 Å². The monoisotopic (exact) mass is 352 g/mol. The van der Waals surface area contributed by atoms with Crippen molar-refractivity contribution < 1.29 is 9.72 Å². The number of nitro groups is 1. The van der Waals surface area contributed by atoms with Crippen molar-refractivity contribution in [3.8, 4) is 0 Å². The molecule has 0 unspecified atom stereocenters. The van der Waals surface area contributed by atoms with Crippen LogP contribution in [0.4, 0.5) is 11.4 Å². The van der Waals surface area contributed by atoms with Gasteiger partial charge in [0.2, 0.25) is 5.91 Å². The smallest absolute Gasteiger partial charge is 0.271 e. The maximum Gasteiger partial charge on any atom is 0.271 e. The molecular formula is C19H16N2O3S. The number of hydrogen-bond acceptors (Lipinski definition) is 4. The first-order chi connectivity index (χ1) is 12.0. The molecule has 0 aliphatic carbocycles. The van der Waals surface area contributed by atoms with Crippen LogP contribution < -0.4 is 5.32 Å². The van der Waals surface area contributed by atoms with Gasteiger partial charge in [-0.05, 0) is 29.3 Å². The molecule has 1 amide bonds. The molecule has 0 heterocycles. The van der Waals surface area contributed by atoms with E-state index in [1.807, 2.05) is 42.5 Å². The molecule has 3 rings (SSSR count). The number of benzene rings is 3. The number of nitro benzene ring substituents is 1. The minimum Gasteiger partial charge on any atom is -0.325 e. The number of rotatable bonds is 5. The quantitative estimate of drug-likeness (QED) is 0.407. The number of thioether (sulfide) groups is 1. The number of carbonyl (C=O) groups excluding carboxylic acids is 1. The van der Waals surface area contributed by atoms with Crippen LogP contribution in [-0.4, -0.2) is 16.6 Å². The topological polar surface area (TPSA) is 72.2 Å². The van der Waals surface area contributed by atoms with Gasteiger partial charge in [0.15, 0.2) is 0 Å². The first kappa shape index (κ1) is 17.0. The van der Waals surface area contributed by atoms with Crippen molar-refractivity contribution in [1.29, 1.82) is 0 Å². The zero-order chi connectivity index (χ0) is 17.8. The van der Waals surface area contributed by atoms with Crippen molar-refractivity contribution in [3.05, 3.63) is 76.3 Å². The number of nitrogens with zero attached hydrogens (tertiary/aromatic N) is 1. The fourth-order valence-electron chi connectivity index (χ4n) is 2.51. The third-order valence-electron chi connectivity index (χ3n) is 3.81. The van der Waals surface area contributed by atoms with E-state index in [0.29, 0.717) is 5.69 Å². The van der Waals surface area contributed by atoms with Crippen LogP contribution in [0, 0.1) is 17.0 Å². The van der Waals surface area contributed by atoms with Crippen molar-refractivity contribution >= 4 is 39.8 Å². The van der Waals surface area contributed by atoms with E-state index in [2.05, 4.69) is 5.32 Å². The minimum atomic E-state index is -0.472. The largest absolute Gasteiger partial charge is 0.325 e. The maximum atomic E-state index is 12.3. The highest BCUT2D eigenvalue weighted by Crippen LogP contribution is 2.28. The number of amides is 1. The lowest BCUT2D eigenvalue weighted by Gasteiger charge is -2.09. The van der Waals surface area contributed by atoms with Gasteiger partial charge in [0.05, 0.1) is 16.4 Å². The number of fused-ring (bicyclic) bond motifs is 1. The number of non-ortho nitro benzene ring substituents is 1.